The molecule has 1 saturated heterocycles. The van der Waals surface area contributed by atoms with Crippen LogP contribution >= 0.6 is 0 Å². The van der Waals surface area contributed by atoms with Crippen molar-refractivity contribution in [2.24, 2.45) is 0 Å². The summed E-state index contributed by atoms with van der Waals surface area (Å²) in [5, 5.41) is 2.50. The standard InChI is InChI=1S/C16H18N2O4S/c1-2-9-17-16(19)8-5-14-3-6-15(7-4-14)23(20,21)18-10-12-22-13-11-18/h1,3-8H,9-13H2,(H,17,19)/b8-5+. The predicted octanol–water partition coefficient (Wildman–Crippen LogP) is 0.470. The Bertz CT molecular complexity index is 711. The van der Waals surface area contributed by atoms with Crippen LogP contribution in [0.2, 0.25) is 0 Å². The van der Waals surface area contributed by atoms with Gasteiger partial charge in [0.1, 0.15) is 0 Å². The van der Waals surface area contributed by atoms with E-state index in [-0.39, 0.29) is 17.3 Å². The molecule has 6 nitrogen and oxygen atoms in total. The zero-order valence-electron chi connectivity index (χ0n) is 12.6. The van der Waals surface area contributed by atoms with E-state index in [0.717, 1.165) is 5.56 Å². The lowest BCUT2D eigenvalue weighted by molar-refractivity contribution is -0.116. The summed E-state index contributed by atoms with van der Waals surface area (Å²) >= 11 is 0. The zero-order chi connectivity index (χ0) is 16.7. The summed E-state index contributed by atoms with van der Waals surface area (Å²) in [4.78, 5) is 11.6. The lowest BCUT2D eigenvalue weighted by Crippen LogP contribution is -2.40. The van der Waals surface area contributed by atoms with Crippen molar-refractivity contribution in [2.45, 2.75) is 4.90 Å². The quantitative estimate of drug-likeness (QED) is 0.627. The van der Waals surface area contributed by atoms with Gasteiger partial charge in [0.15, 0.2) is 0 Å². The largest absolute Gasteiger partial charge is 0.379 e. The minimum atomic E-state index is -3.49. The number of terminal acetylenes is 1. The number of ether oxygens (including phenoxy) is 1. The summed E-state index contributed by atoms with van der Waals surface area (Å²) < 4.78 is 31.5. The van der Waals surface area contributed by atoms with Crippen LogP contribution in [0.1, 0.15) is 5.56 Å². The third kappa shape index (κ3) is 4.66. The van der Waals surface area contributed by atoms with Gasteiger partial charge in [0.2, 0.25) is 15.9 Å². The van der Waals surface area contributed by atoms with E-state index in [1.165, 1.54) is 22.5 Å². The molecule has 0 atom stereocenters. The van der Waals surface area contributed by atoms with Crippen molar-refractivity contribution in [1.82, 2.24) is 9.62 Å². The van der Waals surface area contributed by atoms with Crippen molar-refractivity contribution in [2.75, 3.05) is 32.8 Å². The fourth-order valence-electron chi connectivity index (χ4n) is 2.06. The predicted molar refractivity (Wildman–Crippen MR) is 86.9 cm³/mol. The molecule has 1 aliphatic heterocycles. The van der Waals surface area contributed by atoms with Crippen LogP contribution in [-0.4, -0.2) is 51.5 Å². The van der Waals surface area contributed by atoms with Crippen LogP contribution in [0.25, 0.3) is 6.08 Å². The molecule has 1 aromatic rings. The number of hydrogen-bond donors (Lipinski definition) is 1. The summed E-state index contributed by atoms with van der Waals surface area (Å²) in [6.45, 7) is 1.71. The smallest absolute Gasteiger partial charge is 0.244 e. The fraction of sp³-hybridized carbons (Fsp3) is 0.312. The normalized spacial score (nSPS) is 16.1. The third-order valence-electron chi connectivity index (χ3n) is 3.28. The summed E-state index contributed by atoms with van der Waals surface area (Å²) in [5.74, 6) is 2.01. The molecule has 1 heterocycles. The molecule has 0 unspecified atom stereocenters. The minimum Gasteiger partial charge on any atom is -0.379 e. The number of nitrogens with one attached hydrogen (secondary N) is 1. The number of carbonyl (C=O) groups excluding carboxylic acids is 1. The van der Waals surface area contributed by atoms with Crippen molar-refractivity contribution >= 4 is 22.0 Å². The van der Waals surface area contributed by atoms with Gasteiger partial charge in [-0.3, -0.25) is 4.79 Å². The number of amides is 1. The first-order chi connectivity index (χ1) is 11.0. The van der Waals surface area contributed by atoms with Gasteiger partial charge in [-0.2, -0.15) is 4.31 Å². The molecule has 0 bridgehead atoms. The van der Waals surface area contributed by atoms with Gasteiger partial charge in [-0.25, -0.2) is 8.42 Å². The van der Waals surface area contributed by atoms with E-state index in [9.17, 15) is 13.2 Å². The third-order valence-corrected chi connectivity index (χ3v) is 5.19. The molecule has 0 saturated carbocycles. The van der Waals surface area contributed by atoms with Crippen LogP contribution in [0.5, 0.6) is 0 Å². The Kier molecular flexibility index (Phi) is 5.93. The molecule has 7 heteroatoms. The number of rotatable bonds is 5. The number of benzene rings is 1. The Hall–Kier alpha value is -2.14. The molecule has 1 fully saturated rings. The van der Waals surface area contributed by atoms with E-state index < -0.39 is 10.0 Å². The lowest BCUT2D eigenvalue weighted by Gasteiger charge is -2.26. The van der Waals surface area contributed by atoms with Crippen molar-refractivity contribution in [1.29, 1.82) is 0 Å². The van der Waals surface area contributed by atoms with E-state index in [2.05, 4.69) is 11.2 Å². The van der Waals surface area contributed by atoms with Gasteiger partial charge in [-0.05, 0) is 23.8 Å². The molecule has 23 heavy (non-hydrogen) atoms. The molecule has 2 rings (SSSR count). The van der Waals surface area contributed by atoms with Crippen LogP contribution in [0.15, 0.2) is 35.2 Å². The van der Waals surface area contributed by atoms with E-state index in [1.807, 2.05) is 0 Å². The summed E-state index contributed by atoms with van der Waals surface area (Å²) in [7, 11) is -3.49. The minimum absolute atomic E-state index is 0.167. The average molecular weight is 334 g/mol. The molecule has 1 aromatic carbocycles. The Balaban J connectivity index is 2.05. The second kappa shape index (κ2) is 7.92. The van der Waals surface area contributed by atoms with Crippen molar-refractivity contribution in [3.05, 3.63) is 35.9 Å². The van der Waals surface area contributed by atoms with Crippen molar-refractivity contribution in [3.8, 4) is 12.3 Å². The van der Waals surface area contributed by atoms with Crippen LogP contribution in [0.4, 0.5) is 0 Å². The molecule has 1 N–H and O–H groups in total. The van der Waals surface area contributed by atoms with E-state index >= 15 is 0 Å². The Morgan fingerprint density at radius 1 is 1.30 bits per heavy atom. The monoisotopic (exact) mass is 334 g/mol. The van der Waals surface area contributed by atoms with Gasteiger partial charge in [0.25, 0.3) is 0 Å². The SMILES string of the molecule is C#CCNC(=O)/C=C/c1ccc(S(=O)(=O)N2CCOCC2)cc1. The van der Waals surface area contributed by atoms with Crippen LogP contribution < -0.4 is 5.32 Å². The second-order valence-electron chi connectivity index (χ2n) is 4.84. The second-order valence-corrected chi connectivity index (χ2v) is 6.78. The van der Waals surface area contributed by atoms with E-state index in [1.54, 1.807) is 18.2 Å². The zero-order valence-corrected chi connectivity index (χ0v) is 13.4. The maximum absolute atomic E-state index is 12.5. The van der Waals surface area contributed by atoms with E-state index in [4.69, 9.17) is 11.2 Å². The van der Waals surface area contributed by atoms with Gasteiger partial charge >= 0.3 is 0 Å². The molecule has 0 aromatic heterocycles. The molecule has 0 spiro atoms. The molecule has 1 amide bonds. The van der Waals surface area contributed by atoms with Gasteiger partial charge in [0.05, 0.1) is 24.7 Å². The number of sulfonamides is 1. The van der Waals surface area contributed by atoms with Crippen LogP contribution in [0.3, 0.4) is 0 Å². The number of carbonyl (C=O) groups is 1. The first kappa shape index (κ1) is 17.2. The summed E-state index contributed by atoms with van der Waals surface area (Å²) in [6, 6.07) is 6.37. The van der Waals surface area contributed by atoms with Gasteiger partial charge in [-0.15, -0.1) is 6.42 Å². The lowest BCUT2D eigenvalue weighted by atomic mass is 10.2. The first-order valence-corrected chi connectivity index (χ1v) is 8.55. The highest BCUT2D eigenvalue weighted by Crippen LogP contribution is 2.18. The number of nitrogens with zero attached hydrogens (tertiary/aromatic N) is 1. The highest BCUT2D eigenvalue weighted by molar-refractivity contribution is 7.89. The van der Waals surface area contributed by atoms with E-state index in [0.29, 0.717) is 26.3 Å². The summed E-state index contributed by atoms with van der Waals surface area (Å²) in [6.07, 6.45) is 7.99. The highest BCUT2D eigenvalue weighted by atomic mass is 32.2. The average Bonchev–Trinajstić information content (AvgIpc) is 2.59. The number of morpholine rings is 1. The molecule has 0 radical (unpaired) electrons. The van der Waals surface area contributed by atoms with Gasteiger partial charge in [0, 0.05) is 19.2 Å². The maximum atomic E-state index is 12.5. The topological polar surface area (TPSA) is 75.7 Å². The molecule has 0 aliphatic carbocycles. The van der Waals surface area contributed by atoms with Crippen molar-refractivity contribution < 1.29 is 17.9 Å². The Morgan fingerprint density at radius 2 is 1.96 bits per heavy atom. The Labute approximate surface area is 136 Å². The number of hydrogen-bond acceptors (Lipinski definition) is 4. The molecular formula is C16H18N2O4S. The molecular weight excluding hydrogens is 316 g/mol. The first-order valence-electron chi connectivity index (χ1n) is 7.11. The fourth-order valence-corrected chi connectivity index (χ4v) is 3.46. The summed E-state index contributed by atoms with van der Waals surface area (Å²) in [5.41, 5.74) is 0.724. The van der Waals surface area contributed by atoms with Crippen molar-refractivity contribution in [3.63, 3.8) is 0 Å². The van der Waals surface area contributed by atoms with Gasteiger partial charge < -0.3 is 10.1 Å². The van der Waals surface area contributed by atoms with Gasteiger partial charge in [-0.1, -0.05) is 18.1 Å². The Morgan fingerprint density at radius 3 is 2.57 bits per heavy atom. The molecule has 1 aliphatic rings. The molecule has 122 valence electrons. The van der Waals surface area contributed by atoms with Crippen LogP contribution in [-0.2, 0) is 19.6 Å². The maximum Gasteiger partial charge on any atom is 0.244 e. The van der Waals surface area contributed by atoms with Crippen LogP contribution in [0, 0.1) is 12.3 Å². The highest BCUT2D eigenvalue weighted by Gasteiger charge is 2.25.